The molecule has 0 atom stereocenters. The predicted octanol–water partition coefficient (Wildman–Crippen LogP) is 1.88. The minimum atomic E-state index is 0.529. The van der Waals surface area contributed by atoms with Gasteiger partial charge in [0.05, 0.1) is 39.6 Å². The summed E-state index contributed by atoms with van der Waals surface area (Å²) >= 11 is 0. The summed E-state index contributed by atoms with van der Waals surface area (Å²) in [5.41, 5.74) is 5.39. The number of anilines is 3. The average Bonchev–Trinajstić information content (AvgIpc) is 2.81. The van der Waals surface area contributed by atoms with Gasteiger partial charge in [-0.3, -0.25) is 0 Å². The Hall–Kier alpha value is -1.75. The van der Waals surface area contributed by atoms with Crippen LogP contribution in [0.15, 0.2) is 0 Å². The number of hydrogen-bond donors (Lipinski definition) is 3. The molecule has 0 unspecified atom stereocenters. The van der Waals surface area contributed by atoms with E-state index in [1.807, 2.05) is 0 Å². The van der Waals surface area contributed by atoms with E-state index in [-0.39, 0.29) is 0 Å². The average molecular weight is 440 g/mol. The molecule has 0 radical (unpaired) electrons. The van der Waals surface area contributed by atoms with Crippen LogP contribution in [0.2, 0.25) is 0 Å². The maximum atomic E-state index is 5.56. The van der Waals surface area contributed by atoms with Crippen LogP contribution in [0, 0.1) is 0 Å². The molecule has 2 heterocycles. The molecule has 1 aliphatic heterocycles. The zero-order chi connectivity index (χ0) is 22.0. The zero-order valence-corrected chi connectivity index (χ0v) is 19.1. The first kappa shape index (κ1) is 25.5. The molecule has 0 bridgehead atoms. The molecule has 1 aromatic heterocycles. The molecule has 10 heteroatoms. The van der Waals surface area contributed by atoms with Crippen molar-refractivity contribution < 1.29 is 14.2 Å². The molecule has 2 rings (SSSR count). The lowest BCUT2D eigenvalue weighted by Crippen LogP contribution is -2.37. The number of nitrogens with zero attached hydrogens (tertiary/aromatic N) is 4. The molecule has 1 aliphatic rings. The van der Waals surface area contributed by atoms with Gasteiger partial charge in [-0.1, -0.05) is 39.0 Å². The van der Waals surface area contributed by atoms with Gasteiger partial charge < -0.3 is 35.5 Å². The lowest BCUT2D eigenvalue weighted by molar-refractivity contribution is 0.0547. The molecule has 31 heavy (non-hydrogen) atoms. The first-order chi connectivity index (χ1) is 15.3. The maximum absolute atomic E-state index is 5.56. The maximum Gasteiger partial charge on any atom is 0.232 e. The van der Waals surface area contributed by atoms with Crippen LogP contribution in [0.4, 0.5) is 17.8 Å². The number of ether oxygens (including phenoxy) is 3. The van der Waals surface area contributed by atoms with E-state index in [1.54, 1.807) is 0 Å². The monoisotopic (exact) mass is 439 g/mol. The Morgan fingerprint density at radius 2 is 1.48 bits per heavy atom. The molecule has 0 spiro atoms. The molecular weight excluding hydrogens is 398 g/mol. The van der Waals surface area contributed by atoms with Crippen LogP contribution in [0.1, 0.15) is 45.4 Å². The van der Waals surface area contributed by atoms with Crippen molar-refractivity contribution in [2.24, 2.45) is 5.73 Å². The fourth-order valence-corrected chi connectivity index (χ4v) is 3.17. The van der Waals surface area contributed by atoms with E-state index >= 15 is 0 Å². The lowest BCUT2D eigenvalue weighted by atomic mass is 10.1. The van der Waals surface area contributed by atoms with Gasteiger partial charge in [0, 0.05) is 32.7 Å². The molecule has 178 valence electrons. The third kappa shape index (κ3) is 11.4. The van der Waals surface area contributed by atoms with Crippen LogP contribution >= 0.6 is 0 Å². The fourth-order valence-electron chi connectivity index (χ4n) is 3.17. The summed E-state index contributed by atoms with van der Waals surface area (Å²) in [6.45, 7) is 9.40. The van der Waals surface area contributed by atoms with Gasteiger partial charge in [0.15, 0.2) is 0 Å². The molecule has 0 saturated carbocycles. The third-order valence-corrected chi connectivity index (χ3v) is 4.89. The topological polar surface area (TPSA) is 120 Å². The van der Waals surface area contributed by atoms with E-state index in [9.17, 15) is 0 Å². The van der Waals surface area contributed by atoms with E-state index in [2.05, 4.69) is 37.4 Å². The quantitative estimate of drug-likeness (QED) is 0.292. The van der Waals surface area contributed by atoms with Crippen LogP contribution in [0.25, 0.3) is 0 Å². The molecule has 1 saturated heterocycles. The van der Waals surface area contributed by atoms with Crippen molar-refractivity contribution in [2.45, 2.75) is 45.4 Å². The number of nitrogens with two attached hydrogens (primary N) is 1. The van der Waals surface area contributed by atoms with E-state index in [0.29, 0.717) is 70.6 Å². The van der Waals surface area contributed by atoms with Gasteiger partial charge in [-0.05, 0) is 6.42 Å². The Labute approximate surface area is 186 Å². The van der Waals surface area contributed by atoms with Gasteiger partial charge in [0.1, 0.15) is 0 Å². The number of hydrogen-bond acceptors (Lipinski definition) is 10. The van der Waals surface area contributed by atoms with Crippen LogP contribution < -0.4 is 21.3 Å². The van der Waals surface area contributed by atoms with Crippen molar-refractivity contribution >= 4 is 17.8 Å². The highest BCUT2D eigenvalue weighted by atomic mass is 16.5. The highest BCUT2D eigenvalue weighted by Crippen LogP contribution is 2.15. The van der Waals surface area contributed by atoms with Crippen molar-refractivity contribution in [1.82, 2.24) is 15.0 Å². The largest absolute Gasteiger partial charge is 0.378 e. The van der Waals surface area contributed by atoms with Crippen LogP contribution in [-0.4, -0.2) is 87.3 Å². The van der Waals surface area contributed by atoms with Crippen molar-refractivity contribution in [1.29, 1.82) is 0 Å². The normalized spacial score (nSPS) is 14.1. The first-order valence-corrected chi connectivity index (χ1v) is 11.8. The van der Waals surface area contributed by atoms with Crippen molar-refractivity contribution in [3.8, 4) is 0 Å². The molecule has 0 aliphatic carbocycles. The van der Waals surface area contributed by atoms with E-state index < -0.39 is 0 Å². The number of nitrogens with one attached hydrogen (secondary N) is 2. The molecule has 10 nitrogen and oxygen atoms in total. The lowest BCUT2D eigenvalue weighted by Gasteiger charge is -2.27. The summed E-state index contributed by atoms with van der Waals surface area (Å²) in [5, 5.41) is 6.61. The van der Waals surface area contributed by atoms with Gasteiger partial charge >= 0.3 is 0 Å². The Kier molecular flexibility index (Phi) is 13.9. The van der Waals surface area contributed by atoms with Gasteiger partial charge in [0.2, 0.25) is 17.8 Å². The first-order valence-electron chi connectivity index (χ1n) is 11.8. The molecule has 4 N–H and O–H groups in total. The Balaban J connectivity index is 1.79. The second-order valence-electron chi connectivity index (χ2n) is 7.52. The Bertz CT molecular complexity index is 574. The number of aromatic nitrogens is 3. The zero-order valence-electron chi connectivity index (χ0n) is 19.1. The highest BCUT2D eigenvalue weighted by Gasteiger charge is 2.16. The smallest absolute Gasteiger partial charge is 0.232 e. The van der Waals surface area contributed by atoms with Crippen LogP contribution in [0.3, 0.4) is 0 Å². The standard InChI is InChI=1S/C21H41N7O3/c1-2-3-4-5-6-7-9-23-19-25-20(24-10-14-30-18-17-29-13-8-22)27-21(26-19)28-11-15-31-16-12-28/h2-18,22H2,1H3,(H2,23,24,25,26,27). The minimum Gasteiger partial charge on any atom is -0.378 e. The van der Waals surface area contributed by atoms with Crippen LogP contribution in [-0.2, 0) is 14.2 Å². The second-order valence-corrected chi connectivity index (χ2v) is 7.52. The number of unbranched alkanes of at least 4 members (excludes halogenated alkanes) is 5. The second kappa shape index (κ2) is 16.9. The van der Waals surface area contributed by atoms with Crippen molar-refractivity contribution in [3.63, 3.8) is 0 Å². The van der Waals surface area contributed by atoms with Crippen molar-refractivity contribution in [3.05, 3.63) is 0 Å². The fraction of sp³-hybridized carbons (Fsp3) is 0.857. The summed E-state index contributed by atoms with van der Waals surface area (Å²) < 4.78 is 16.3. The van der Waals surface area contributed by atoms with Gasteiger partial charge in [-0.15, -0.1) is 0 Å². The van der Waals surface area contributed by atoms with Gasteiger partial charge in [0.25, 0.3) is 0 Å². The third-order valence-electron chi connectivity index (χ3n) is 4.89. The number of rotatable bonds is 18. The summed E-state index contributed by atoms with van der Waals surface area (Å²) in [5.74, 6) is 1.86. The molecule has 1 aromatic rings. The van der Waals surface area contributed by atoms with E-state index in [1.165, 1.54) is 32.1 Å². The van der Waals surface area contributed by atoms with Crippen molar-refractivity contribution in [2.75, 3.05) is 87.9 Å². The predicted molar refractivity (Wildman–Crippen MR) is 124 cm³/mol. The summed E-state index contributed by atoms with van der Waals surface area (Å²) in [7, 11) is 0. The Morgan fingerprint density at radius 1 is 0.839 bits per heavy atom. The van der Waals surface area contributed by atoms with E-state index in [0.717, 1.165) is 26.1 Å². The van der Waals surface area contributed by atoms with Gasteiger partial charge in [-0.2, -0.15) is 15.0 Å². The molecular formula is C21H41N7O3. The molecule has 1 fully saturated rings. The van der Waals surface area contributed by atoms with Crippen LogP contribution in [0.5, 0.6) is 0 Å². The SMILES string of the molecule is CCCCCCCCNc1nc(NCCOCCOCCN)nc(N2CCOCC2)n1. The highest BCUT2D eigenvalue weighted by molar-refractivity contribution is 5.44. The summed E-state index contributed by atoms with van der Waals surface area (Å²) in [6, 6.07) is 0. The summed E-state index contributed by atoms with van der Waals surface area (Å²) in [4.78, 5) is 15.9. The Morgan fingerprint density at radius 3 is 2.19 bits per heavy atom. The van der Waals surface area contributed by atoms with E-state index in [4.69, 9.17) is 19.9 Å². The summed E-state index contributed by atoms with van der Waals surface area (Å²) in [6.07, 6.45) is 7.55. The van der Waals surface area contributed by atoms with Gasteiger partial charge in [-0.25, -0.2) is 0 Å². The number of morpholine rings is 1. The molecule has 0 aromatic carbocycles. The molecule has 0 amide bonds. The minimum absolute atomic E-state index is 0.529.